The van der Waals surface area contributed by atoms with E-state index in [1.165, 1.54) is 30.4 Å². The maximum atomic E-state index is 10.7. The van der Waals surface area contributed by atoms with E-state index in [1.54, 1.807) is 0 Å². The summed E-state index contributed by atoms with van der Waals surface area (Å²) in [6.07, 6.45) is 9.26. The molecule has 2 atom stereocenters. The van der Waals surface area contributed by atoms with Gasteiger partial charge in [-0.1, -0.05) is 38.8 Å². The van der Waals surface area contributed by atoms with Crippen LogP contribution >= 0.6 is 0 Å². The fourth-order valence-corrected chi connectivity index (χ4v) is 4.30. The second-order valence-corrected chi connectivity index (χ2v) is 7.87. The highest BCUT2D eigenvalue weighted by Crippen LogP contribution is 2.53. The Balaban J connectivity index is 0.00000208. The minimum atomic E-state index is -0.177. The van der Waals surface area contributed by atoms with Crippen LogP contribution in [-0.2, 0) is 6.42 Å². The molecule has 1 heterocycles. The molecule has 0 saturated heterocycles. The molecule has 0 radical (unpaired) electrons. The zero-order valence-electron chi connectivity index (χ0n) is 15.0. The molecule has 2 nitrogen and oxygen atoms in total. The van der Waals surface area contributed by atoms with Gasteiger partial charge in [-0.2, -0.15) is 0 Å². The van der Waals surface area contributed by atoms with Gasteiger partial charge in [0.2, 0.25) is 0 Å². The maximum Gasteiger partial charge on any atom is 0.127 e. The van der Waals surface area contributed by atoms with Crippen molar-refractivity contribution in [3.8, 4) is 11.5 Å². The van der Waals surface area contributed by atoms with E-state index in [4.69, 9.17) is 4.74 Å². The molecule has 3 rings (SSSR count). The second-order valence-electron chi connectivity index (χ2n) is 7.87. The molecule has 2 heteroatoms. The Morgan fingerprint density at radius 2 is 2.00 bits per heavy atom. The number of hydrogen-bond acceptors (Lipinski definition) is 2. The summed E-state index contributed by atoms with van der Waals surface area (Å²) in [5.74, 6) is 2.04. The van der Waals surface area contributed by atoms with Gasteiger partial charge in [-0.05, 0) is 64.2 Å². The van der Waals surface area contributed by atoms with Gasteiger partial charge >= 0.3 is 0 Å². The van der Waals surface area contributed by atoms with Crippen molar-refractivity contribution < 1.29 is 9.84 Å². The number of rotatable bonds is 4. The lowest BCUT2D eigenvalue weighted by Gasteiger charge is -2.46. The molecule has 0 spiro atoms. The third kappa shape index (κ3) is 3.48. The Morgan fingerprint density at radius 3 is 2.71 bits per heavy atom. The number of phenols is 1. The van der Waals surface area contributed by atoms with Crippen LogP contribution in [0.15, 0.2) is 23.8 Å². The smallest absolute Gasteiger partial charge is 0.127 e. The Bertz CT molecular complexity index is 613. The number of fused-ring (bicyclic) bond motifs is 3. The highest BCUT2D eigenvalue weighted by Gasteiger charge is 2.45. The number of unbranched alkanes of at least 4 members (excludes halogenated alkanes) is 2. The van der Waals surface area contributed by atoms with Gasteiger partial charge in [0.25, 0.3) is 0 Å². The van der Waals surface area contributed by atoms with E-state index in [1.807, 2.05) is 6.07 Å². The number of allylic oxidation sites excluding steroid dienone is 2. The van der Waals surface area contributed by atoms with Crippen LogP contribution in [0, 0.1) is 5.92 Å². The molecule has 1 aliphatic heterocycles. The van der Waals surface area contributed by atoms with Crippen molar-refractivity contribution in [3.05, 3.63) is 34.9 Å². The fourth-order valence-electron chi connectivity index (χ4n) is 4.30. The van der Waals surface area contributed by atoms with Crippen LogP contribution in [0.5, 0.6) is 11.5 Å². The summed E-state index contributed by atoms with van der Waals surface area (Å²) in [6, 6.07) is 4.13. The summed E-state index contributed by atoms with van der Waals surface area (Å²) in [7, 11) is 0. The molecule has 2 aliphatic rings. The summed E-state index contributed by atoms with van der Waals surface area (Å²) in [6.45, 7) is 8.81. The summed E-state index contributed by atoms with van der Waals surface area (Å²) < 4.78 is 6.36. The van der Waals surface area contributed by atoms with Gasteiger partial charge in [-0.25, -0.2) is 0 Å². The van der Waals surface area contributed by atoms with Crippen LogP contribution in [0.2, 0.25) is 0 Å². The lowest BCUT2D eigenvalue weighted by Crippen LogP contribution is -2.45. The van der Waals surface area contributed by atoms with Crippen LogP contribution < -0.4 is 4.74 Å². The lowest BCUT2D eigenvalue weighted by molar-refractivity contribution is 0.0107. The first-order valence-electron chi connectivity index (χ1n) is 9.14. The third-order valence-electron chi connectivity index (χ3n) is 5.60. The molecule has 134 valence electrons. The van der Waals surface area contributed by atoms with Crippen molar-refractivity contribution in [2.24, 2.45) is 5.92 Å². The van der Waals surface area contributed by atoms with Crippen molar-refractivity contribution in [2.75, 3.05) is 0 Å². The monoisotopic (exact) mass is 330 g/mol. The van der Waals surface area contributed by atoms with Crippen LogP contribution in [0.1, 0.15) is 84.3 Å². The van der Waals surface area contributed by atoms with E-state index >= 15 is 0 Å². The topological polar surface area (TPSA) is 29.5 Å². The van der Waals surface area contributed by atoms with Gasteiger partial charge in [0.1, 0.15) is 17.1 Å². The molecule has 0 bridgehead atoms. The number of benzene rings is 1. The molecular formula is C22H34O2. The first kappa shape index (κ1) is 18.9. The van der Waals surface area contributed by atoms with E-state index in [2.05, 4.69) is 39.8 Å². The minimum absolute atomic E-state index is 0. The van der Waals surface area contributed by atoms with Crippen molar-refractivity contribution in [1.82, 2.24) is 0 Å². The van der Waals surface area contributed by atoms with Crippen LogP contribution in [0.4, 0.5) is 0 Å². The molecule has 1 aromatic carbocycles. The zero-order chi connectivity index (χ0) is 16.6. The van der Waals surface area contributed by atoms with Crippen molar-refractivity contribution in [3.63, 3.8) is 0 Å². The molecule has 0 fully saturated rings. The van der Waals surface area contributed by atoms with E-state index in [-0.39, 0.29) is 18.9 Å². The maximum absolute atomic E-state index is 10.7. The standard InChI is InChI=1S/C21H30O2.CH4/c1-5-6-7-8-15-12-18(22)20-16-11-14(2)9-10-17(16)21(3,4)23-19(20)13-15;/h11-13,16-17,22H,5-10H2,1-4H3;1H4/t16-,17-;/m1./s1. The van der Waals surface area contributed by atoms with Gasteiger partial charge in [0.05, 0.1) is 0 Å². The first-order valence-corrected chi connectivity index (χ1v) is 9.14. The lowest BCUT2D eigenvalue weighted by atomic mass is 9.68. The number of aryl methyl sites for hydroxylation is 1. The Labute approximate surface area is 147 Å². The van der Waals surface area contributed by atoms with Crippen LogP contribution in [0.25, 0.3) is 0 Å². The van der Waals surface area contributed by atoms with E-state index in [0.717, 1.165) is 30.6 Å². The predicted molar refractivity (Wildman–Crippen MR) is 102 cm³/mol. The Morgan fingerprint density at radius 1 is 1.25 bits per heavy atom. The molecule has 1 N–H and O–H groups in total. The molecule has 0 aromatic heterocycles. The third-order valence-corrected chi connectivity index (χ3v) is 5.60. The van der Waals surface area contributed by atoms with Gasteiger partial charge in [0.15, 0.2) is 0 Å². The molecule has 0 unspecified atom stereocenters. The Hall–Kier alpha value is -1.44. The van der Waals surface area contributed by atoms with Crippen LogP contribution in [0.3, 0.4) is 0 Å². The summed E-state index contributed by atoms with van der Waals surface area (Å²) in [5, 5.41) is 10.7. The molecule has 0 saturated carbocycles. The number of phenolic OH excluding ortho intramolecular Hbond substituents is 1. The second kappa shape index (κ2) is 7.21. The number of ether oxygens (including phenoxy) is 1. The highest BCUT2D eigenvalue weighted by atomic mass is 16.5. The molecular weight excluding hydrogens is 296 g/mol. The van der Waals surface area contributed by atoms with Gasteiger partial charge in [-0.3, -0.25) is 0 Å². The van der Waals surface area contributed by atoms with Gasteiger partial charge < -0.3 is 9.84 Å². The normalized spacial score (nSPS) is 24.1. The predicted octanol–water partition coefficient (Wildman–Crippen LogP) is 6.37. The summed E-state index contributed by atoms with van der Waals surface area (Å²) in [4.78, 5) is 0. The average molecular weight is 331 g/mol. The van der Waals surface area contributed by atoms with E-state index in [0.29, 0.717) is 11.7 Å². The fraction of sp³-hybridized carbons (Fsp3) is 0.636. The largest absolute Gasteiger partial charge is 0.507 e. The number of aromatic hydroxyl groups is 1. The van der Waals surface area contributed by atoms with Crippen molar-refractivity contribution >= 4 is 0 Å². The quantitative estimate of drug-likeness (QED) is 0.513. The summed E-state index contributed by atoms with van der Waals surface area (Å²) in [5.41, 5.74) is 3.46. The Kier molecular flexibility index (Phi) is 5.67. The molecule has 24 heavy (non-hydrogen) atoms. The average Bonchev–Trinajstić information content (AvgIpc) is 2.46. The van der Waals surface area contributed by atoms with E-state index < -0.39 is 0 Å². The van der Waals surface area contributed by atoms with Gasteiger partial charge in [0, 0.05) is 17.4 Å². The van der Waals surface area contributed by atoms with Crippen molar-refractivity contribution in [1.29, 1.82) is 0 Å². The number of hydrogen-bond donors (Lipinski definition) is 1. The molecule has 1 aromatic rings. The van der Waals surface area contributed by atoms with Crippen molar-refractivity contribution in [2.45, 2.75) is 85.2 Å². The summed E-state index contributed by atoms with van der Waals surface area (Å²) >= 11 is 0. The molecule has 1 aliphatic carbocycles. The minimum Gasteiger partial charge on any atom is -0.507 e. The van der Waals surface area contributed by atoms with Crippen LogP contribution in [-0.4, -0.2) is 10.7 Å². The first-order chi connectivity index (χ1) is 10.9. The SMILES string of the molecule is C.CCCCCc1cc(O)c2c(c1)OC(C)(C)[C@@H]1CCC(C)=C[C@@H]21. The molecule has 0 amide bonds. The van der Waals surface area contributed by atoms with Gasteiger partial charge in [-0.15, -0.1) is 0 Å². The highest BCUT2D eigenvalue weighted by molar-refractivity contribution is 5.53. The van der Waals surface area contributed by atoms with E-state index in [9.17, 15) is 5.11 Å². The zero-order valence-corrected chi connectivity index (χ0v) is 15.0.